The number of thioether (sulfide) groups is 1. The molecule has 1 aromatic rings. The highest BCUT2D eigenvalue weighted by molar-refractivity contribution is 8.03. The van der Waals surface area contributed by atoms with Crippen molar-refractivity contribution in [3.63, 3.8) is 0 Å². The van der Waals surface area contributed by atoms with Crippen LogP contribution < -0.4 is 5.32 Å². The lowest BCUT2D eigenvalue weighted by molar-refractivity contribution is -0.146. The molecule has 114 valence electrons. The molecule has 0 aromatic heterocycles. The van der Waals surface area contributed by atoms with E-state index in [0.29, 0.717) is 28.4 Å². The summed E-state index contributed by atoms with van der Waals surface area (Å²) >= 11 is 7.05. The van der Waals surface area contributed by atoms with Gasteiger partial charge in [-0.25, -0.2) is 0 Å². The second kappa shape index (κ2) is 7.34. The first-order chi connectivity index (χ1) is 10.5. The smallest absolute Gasteiger partial charge is 0.307 e. The molecule has 0 spiro atoms. The van der Waals surface area contributed by atoms with E-state index < -0.39 is 17.8 Å². The maximum absolute atomic E-state index is 12.3. The summed E-state index contributed by atoms with van der Waals surface area (Å²) in [6.07, 6.45) is 4.34. The number of amides is 1. The number of carbonyl (C=O) groups is 2. The quantitative estimate of drug-likeness (QED) is 0.498. The number of carboxylic acid groups (broad SMARTS) is 1. The summed E-state index contributed by atoms with van der Waals surface area (Å²) in [4.78, 5) is 24.2. The predicted octanol–water partition coefficient (Wildman–Crippen LogP) is 3.52. The molecule has 2 rings (SSSR count). The van der Waals surface area contributed by atoms with Gasteiger partial charge in [-0.3, -0.25) is 9.59 Å². The van der Waals surface area contributed by atoms with E-state index >= 15 is 0 Å². The normalized spacial score (nSPS) is 20.2. The standard InChI is InChI=1S/C15H13ClN2O3S/c16-12-7-9(22-8-17)5-6-13(12)18-14(19)10-3-1-2-4-11(10)15(20)21/h1-2,5-7,10-11H,3-4H2,(H,18,19)(H,20,21)/t10-,11+/m0/s1. The van der Waals surface area contributed by atoms with Crippen LogP contribution in [0.25, 0.3) is 0 Å². The van der Waals surface area contributed by atoms with Crippen molar-refractivity contribution in [2.75, 3.05) is 5.32 Å². The van der Waals surface area contributed by atoms with Crippen LogP contribution in [0, 0.1) is 22.5 Å². The highest BCUT2D eigenvalue weighted by Gasteiger charge is 2.34. The van der Waals surface area contributed by atoms with Crippen molar-refractivity contribution < 1.29 is 14.7 Å². The third-order valence-corrected chi connectivity index (χ3v) is 4.34. The maximum Gasteiger partial charge on any atom is 0.307 e. The number of hydrogen-bond donors (Lipinski definition) is 2. The van der Waals surface area contributed by atoms with Crippen molar-refractivity contribution >= 4 is 40.9 Å². The van der Waals surface area contributed by atoms with Gasteiger partial charge in [0, 0.05) is 4.90 Å². The third kappa shape index (κ3) is 3.81. The van der Waals surface area contributed by atoms with E-state index in [-0.39, 0.29) is 5.91 Å². The number of rotatable bonds is 4. The summed E-state index contributed by atoms with van der Waals surface area (Å²) < 4.78 is 0. The number of allylic oxidation sites excluding steroid dienone is 2. The number of aliphatic carboxylic acids is 1. The van der Waals surface area contributed by atoms with Crippen molar-refractivity contribution in [2.24, 2.45) is 11.8 Å². The molecule has 1 aromatic carbocycles. The van der Waals surface area contributed by atoms with Crippen LogP contribution in [0.15, 0.2) is 35.2 Å². The molecule has 1 aliphatic carbocycles. The van der Waals surface area contributed by atoms with Gasteiger partial charge in [0.25, 0.3) is 0 Å². The van der Waals surface area contributed by atoms with Gasteiger partial charge < -0.3 is 10.4 Å². The fourth-order valence-electron chi connectivity index (χ4n) is 2.32. The van der Waals surface area contributed by atoms with Crippen LogP contribution in [0.3, 0.4) is 0 Å². The molecule has 0 heterocycles. The molecule has 22 heavy (non-hydrogen) atoms. The number of halogens is 1. The van der Waals surface area contributed by atoms with Crippen LogP contribution in [0.1, 0.15) is 12.8 Å². The summed E-state index contributed by atoms with van der Waals surface area (Å²) in [5.74, 6) is -2.68. The number of nitrogens with zero attached hydrogens (tertiary/aromatic N) is 1. The summed E-state index contributed by atoms with van der Waals surface area (Å²) in [7, 11) is 0. The Hall–Kier alpha value is -1.97. The number of carbonyl (C=O) groups excluding carboxylic acids is 1. The van der Waals surface area contributed by atoms with Crippen molar-refractivity contribution in [1.82, 2.24) is 0 Å². The fraction of sp³-hybridized carbons (Fsp3) is 0.267. The van der Waals surface area contributed by atoms with Crippen molar-refractivity contribution in [3.05, 3.63) is 35.4 Å². The van der Waals surface area contributed by atoms with Gasteiger partial charge in [-0.1, -0.05) is 23.8 Å². The Balaban J connectivity index is 2.13. The Morgan fingerprint density at radius 3 is 2.59 bits per heavy atom. The number of thiocyanates is 1. The molecule has 2 atom stereocenters. The van der Waals surface area contributed by atoms with Crippen LogP contribution in [0.5, 0.6) is 0 Å². The van der Waals surface area contributed by atoms with Gasteiger partial charge in [0.15, 0.2) is 0 Å². The van der Waals surface area contributed by atoms with Gasteiger partial charge in [0.05, 0.1) is 22.5 Å². The molecule has 0 radical (unpaired) electrons. The number of nitriles is 1. The molecule has 0 saturated heterocycles. The number of benzene rings is 1. The van der Waals surface area contributed by atoms with E-state index in [1.54, 1.807) is 24.3 Å². The first-order valence-electron chi connectivity index (χ1n) is 6.57. The zero-order chi connectivity index (χ0) is 16.1. The molecule has 0 saturated carbocycles. The van der Waals surface area contributed by atoms with Gasteiger partial charge in [0.2, 0.25) is 5.91 Å². The van der Waals surface area contributed by atoms with Crippen LogP contribution >= 0.6 is 23.4 Å². The maximum atomic E-state index is 12.3. The molecule has 7 heteroatoms. The van der Waals surface area contributed by atoms with Crippen molar-refractivity contribution in [2.45, 2.75) is 17.7 Å². The van der Waals surface area contributed by atoms with E-state index in [1.165, 1.54) is 0 Å². The monoisotopic (exact) mass is 336 g/mol. The topological polar surface area (TPSA) is 90.2 Å². The first-order valence-corrected chi connectivity index (χ1v) is 7.76. The Labute approximate surface area is 137 Å². The molecular formula is C15H13ClN2O3S. The van der Waals surface area contributed by atoms with E-state index in [9.17, 15) is 14.7 Å². The molecule has 0 aliphatic heterocycles. The molecule has 0 unspecified atom stereocenters. The van der Waals surface area contributed by atoms with Crippen molar-refractivity contribution in [1.29, 1.82) is 5.26 Å². The molecule has 0 fully saturated rings. The second-order valence-electron chi connectivity index (χ2n) is 4.82. The average Bonchev–Trinajstić information content (AvgIpc) is 2.50. The number of carboxylic acids is 1. The number of hydrogen-bond acceptors (Lipinski definition) is 4. The summed E-state index contributed by atoms with van der Waals surface area (Å²) in [6.45, 7) is 0. The lowest BCUT2D eigenvalue weighted by Gasteiger charge is -2.24. The largest absolute Gasteiger partial charge is 0.481 e. The minimum atomic E-state index is -0.976. The summed E-state index contributed by atoms with van der Waals surface area (Å²) in [5, 5.41) is 22.7. The SMILES string of the molecule is N#CSc1ccc(NC(=O)[C@H]2CC=CC[C@H]2C(=O)O)c(Cl)c1. The highest BCUT2D eigenvalue weighted by Crippen LogP contribution is 2.31. The van der Waals surface area contributed by atoms with Crippen LogP contribution in [-0.2, 0) is 9.59 Å². The Kier molecular flexibility index (Phi) is 5.47. The van der Waals surface area contributed by atoms with Gasteiger partial charge in [-0.2, -0.15) is 5.26 Å². The Morgan fingerprint density at radius 2 is 2.00 bits per heavy atom. The molecule has 0 bridgehead atoms. The van der Waals surface area contributed by atoms with Crippen LogP contribution in [0.2, 0.25) is 5.02 Å². The summed E-state index contributed by atoms with van der Waals surface area (Å²) in [5.41, 5.74) is 0.410. The zero-order valence-corrected chi connectivity index (χ0v) is 13.0. The van der Waals surface area contributed by atoms with Crippen LogP contribution in [0.4, 0.5) is 5.69 Å². The molecule has 2 N–H and O–H groups in total. The minimum absolute atomic E-state index is 0.312. The molecular weight excluding hydrogens is 324 g/mol. The predicted molar refractivity (Wildman–Crippen MR) is 84.5 cm³/mol. The number of nitrogens with one attached hydrogen (secondary N) is 1. The third-order valence-electron chi connectivity index (χ3n) is 3.45. The van der Waals surface area contributed by atoms with Gasteiger partial charge in [-0.15, -0.1) is 0 Å². The second-order valence-corrected chi connectivity index (χ2v) is 6.08. The molecule has 1 aliphatic rings. The first kappa shape index (κ1) is 16.4. The Bertz CT molecular complexity index is 669. The summed E-state index contributed by atoms with van der Waals surface area (Å²) in [6, 6.07) is 4.86. The van der Waals surface area contributed by atoms with Gasteiger partial charge >= 0.3 is 5.97 Å². The molecule has 5 nitrogen and oxygen atoms in total. The lowest BCUT2D eigenvalue weighted by atomic mass is 9.82. The van der Waals surface area contributed by atoms with E-state index in [4.69, 9.17) is 16.9 Å². The van der Waals surface area contributed by atoms with E-state index in [2.05, 4.69) is 5.32 Å². The highest BCUT2D eigenvalue weighted by atomic mass is 35.5. The molecule has 1 amide bonds. The number of anilines is 1. The van der Waals surface area contributed by atoms with E-state index in [0.717, 1.165) is 11.8 Å². The average molecular weight is 337 g/mol. The van der Waals surface area contributed by atoms with Gasteiger partial charge in [0.1, 0.15) is 5.40 Å². The lowest BCUT2D eigenvalue weighted by Crippen LogP contribution is -2.34. The Morgan fingerprint density at radius 1 is 1.32 bits per heavy atom. The fourth-order valence-corrected chi connectivity index (χ4v) is 3.03. The minimum Gasteiger partial charge on any atom is -0.481 e. The van der Waals surface area contributed by atoms with E-state index in [1.807, 2.05) is 11.5 Å². The van der Waals surface area contributed by atoms with Crippen LogP contribution in [-0.4, -0.2) is 17.0 Å². The van der Waals surface area contributed by atoms with Crippen molar-refractivity contribution in [3.8, 4) is 5.40 Å². The zero-order valence-electron chi connectivity index (χ0n) is 11.5. The van der Waals surface area contributed by atoms with Gasteiger partial charge in [-0.05, 0) is 42.8 Å².